The van der Waals surface area contributed by atoms with Gasteiger partial charge in [0, 0.05) is 42.7 Å². The number of nitrogens with one attached hydrogen (secondary N) is 1. The van der Waals surface area contributed by atoms with Crippen molar-refractivity contribution in [1.82, 2.24) is 14.9 Å². The van der Waals surface area contributed by atoms with Crippen LogP contribution in [0.2, 0.25) is 0 Å². The standard InChI is InChI=1S/C28H34N4O2S/c1-27(2,3)34-26(33)29-17-10-11-31(14-17)18-6-8-22-24(12-18)35-25-13-19(7-9-23(25)30-22)32-15-20-21(16-32)28(20,4)5/h6-9,12-13,17,20-21H,10-11,14-16H2,1-5H3/p+1. The van der Waals surface area contributed by atoms with Gasteiger partial charge in [-0.05, 0) is 56.9 Å². The molecule has 184 valence electrons. The number of alkyl carbamates (subject to hydrolysis) is 1. The fourth-order valence-electron chi connectivity index (χ4n) is 5.93. The van der Waals surface area contributed by atoms with Gasteiger partial charge in [0.1, 0.15) is 18.7 Å². The maximum absolute atomic E-state index is 12.2. The highest BCUT2D eigenvalue weighted by Gasteiger charge is 2.65. The molecule has 1 aromatic rings. The van der Waals surface area contributed by atoms with Crippen LogP contribution in [0.15, 0.2) is 36.4 Å². The van der Waals surface area contributed by atoms with Gasteiger partial charge in [-0.1, -0.05) is 13.8 Å². The Kier molecular flexibility index (Phi) is 5.15. The molecule has 0 bridgehead atoms. The fourth-order valence-corrected chi connectivity index (χ4v) is 6.96. The van der Waals surface area contributed by atoms with Crippen LogP contribution in [0.3, 0.4) is 0 Å². The van der Waals surface area contributed by atoms with Crippen molar-refractivity contribution < 1.29 is 9.53 Å². The lowest BCUT2D eigenvalue weighted by molar-refractivity contribution is 0.0509. The molecule has 1 aromatic carbocycles. The monoisotopic (exact) mass is 491 g/mol. The van der Waals surface area contributed by atoms with Gasteiger partial charge >= 0.3 is 6.09 Å². The van der Waals surface area contributed by atoms with E-state index in [0.717, 1.165) is 42.6 Å². The summed E-state index contributed by atoms with van der Waals surface area (Å²) < 4.78 is 9.17. The van der Waals surface area contributed by atoms with Crippen molar-refractivity contribution in [3.8, 4) is 10.6 Å². The Bertz CT molecular complexity index is 1340. The first kappa shape index (κ1) is 22.8. The number of carbonyl (C=O) groups is 1. The summed E-state index contributed by atoms with van der Waals surface area (Å²) in [5.41, 5.74) is 3.32. The second-order valence-corrected chi connectivity index (χ2v) is 13.1. The third-order valence-corrected chi connectivity index (χ3v) is 9.20. The molecule has 7 heteroatoms. The lowest BCUT2D eigenvalue weighted by Gasteiger charge is -2.22. The van der Waals surface area contributed by atoms with Crippen molar-refractivity contribution in [3.63, 3.8) is 0 Å². The van der Waals surface area contributed by atoms with Crippen molar-refractivity contribution in [1.29, 1.82) is 0 Å². The van der Waals surface area contributed by atoms with Gasteiger partial charge in [-0.25, -0.2) is 14.4 Å². The Morgan fingerprint density at radius 2 is 1.94 bits per heavy atom. The van der Waals surface area contributed by atoms with Gasteiger partial charge < -0.3 is 15.0 Å². The van der Waals surface area contributed by atoms with Crippen molar-refractivity contribution in [2.75, 3.05) is 31.1 Å². The maximum atomic E-state index is 12.2. The number of benzene rings is 2. The highest BCUT2D eigenvalue weighted by molar-refractivity contribution is 7.21. The predicted molar refractivity (Wildman–Crippen MR) is 142 cm³/mol. The molecule has 1 amide bonds. The summed E-state index contributed by atoms with van der Waals surface area (Å²) >= 11 is 1.82. The largest absolute Gasteiger partial charge is 0.444 e. The molecule has 0 aromatic heterocycles. The number of anilines is 1. The summed E-state index contributed by atoms with van der Waals surface area (Å²) in [4.78, 5) is 20.7. The van der Waals surface area contributed by atoms with Crippen LogP contribution in [-0.2, 0) is 4.74 Å². The summed E-state index contributed by atoms with van der Waals surface area (Å²) in [6.07, 6.45) is 0.574. The van der Waals surface area contributed by atoms with Crippen molar-refractivity contribution >= 4 is 33.3 Å². The number of ether oxygens (including phenoxy) is 1. The van der Waals surface area contributed by atoms with Gasteiger partial charge in [0.05, 0.1) is 26.8 Å². The quantitative estimate of drug-likeness (QED) is 0.422. The van der Waals surface area contributed by atoms with Crippen molar-refractivity contribution in [3.05, 3.63) is 41.8 Å². The van der Waals surface area contributed by atoms with E-state index in [1.165, 1.54) is 33.7 Å². The van der Waals surface area contributed by atoms with Crippen LogP contribution in [0.5, 0.6) is 0 Å². The molecule has 3 atom stereocenters. The Balaban J connectivity index is 1.22. The van der Waals surface area contributed by atoms with Gasteiger partial charge in [-0.15, -0.1) is 11.3 Å². The highest BCUT2D eigenvalue weighted by Crippen LogP contribution is 2.60. The van der Waals surface area contributed by atoms with E-state index < -0.39 is 5.60 Å². The molecule has 3 aliphatic heterocycles. The normalized spacial score (nSPS) is 25.2. The van der Waals surface area contributed by atoms with E-state index in [1.807, 2.05) is 32.1 Å². The lowest BCUT2D eigenvalue weighted by Crippen LogP contribution is -2.40. The first-order chi connectivity index (χ1) is 16.6. The Labute approximate surface area is 211 Å². The lowest BCUT2D eigenvalue weighted by atomic mass is 10.1. The number of nitrogens with zero attached hydrogens (tertiary/aromatic N) is 3. The first-order valence-electron chi connectivity index (χ1n) is 12.7. The average Bonchev–Trinajstić information content (AvgIpc) is 3.22. The van der Waals surface area contributed by atoms with Crippen molar-refractivity contribution in [2.45, 2.75) is 52.7 Å². The fraction of sp³-hybridized carbons (Fsp3) is 0.536. The molecular weight excluding hydrogens is 456 g/mol. The van der Waals surface area contributed by atoms with Crippen LogP contribution in [0.4, 0.5) is 10.5 Å². The van der Waals surface area contributed by atoms with E-state index in [-0.39, 0.29) is 12.1 Å². The predicted octanol–water partition coefficient (Wildman–Crippen LogP) is 4.56. The molecule has 0 spiro atoms. The Hall–Kier alpha value is -2.67. The molecule has 2 aliphatic carbocycles. The van der Waals surface area contributed by atoms with Crippen LogP contribution < -0.4 is 20.1 Å². The van der Waals surface area contributed by atoms with Gasteiger partial charge in [0.15, 0.2) is 0 Å². The SMILES string of the molecule is CC(C)(C)OC(=O)NC1CCN(c2ccc3nc4ccc(=[N+]5CC6C(C5)C6(C)C)cc-4sc3c2)C1. The number of carbonyl (C=O) groups excluding carboxylic acids is 1. The van der Waals surface area contributed by atoms with E-state index in [1.54, 1.807) is 0 Å². The molecule has 2 saturated heterocycles. The summed E-state index contributed by atoms with van der Waals surface area (Å²) in [5.74, 6) is 1.68. The number of rotatable bonds is 2. The van der Waals surface area contributed by atoms with Crippen LogP contribution in [-0.4, -0.2) is 48.9 Å². The molecule has 5 aliphatic rings. The second-order valence-electron chi connectivity index (χ2n) is 12.0. The van der Waals surface area contributed by atoms with E-state index in [2.05, 4.69) is 65.0 Å². The minimum Gasteiger partial charge on any atom is -0.444 e. The molecule has 3 fully saturated rings. The Morgan fingerprint density at radius 3 is 2.69 bits per heavy atom. The third kappa shape index (κ3) is 4.28. The number of piperidine rings is 1. The van der Waals surface area contributed by atoms with Crippen LogP contribution in [0.1, 0.15) is 41.0 Å². The van der Waals surface area contributed by atoms with E-state index >= 15 is 0 Å². The van der Waals surface area contributed by atoms with Gasteiger partial charge in [-0.3, -0.25) is 0 Å². The smallest absolute Gasteiger partial charge is 0.407 e. The summed E-state index contributed by atoms with van der Waals surface area (Å²) in [6.45, 7) is 14.5. The number of hydrogen-bond acceptors (Lipinski definition) is 5. The third-order valence-electron chi connectivity index (χ3n) is 8.11. The summed E-state index contributed by atoms with van der Waals surface area (Å²) in [7, 11) is 0. The van der Waals surface area contributed by atoms with E-state index in [9.17, 15) is 4.79 Å². The zero-order valence-electron chi connectivity index (χ0n) is 21.3. The summed E-state index contributed by atoms with van der Waals surface area (Å²) in [5, 5.41) is 4.35. The second kappa shape index (κ2) is 7.92. The van der Waals surface area contributed by atoms with Gasteiger partial charge in [-0.2, -0.15) is 0 Å². The van der Waals surface area contributed by atoms with Gasteiger partial charge in [0.2, 0.25) is 5.36 Å². The molecule has 35 heavy (non-hydrogen) atoms. The molecule has 1 saturated carbocycles. The minimum absolute atomic E-state index is 0.0955. The number of fused-ring (bicyclic) bond motifs is 3. The molecular formula is C28H35N4O2S+. The van der Waals surface area contributed by atoms with Crippen LogP contribution in [0, 0.1) is 17.3 Å². The zero-order chi connectivity index (χ0) is 24.5. The van der Waals surface area contributed by atoms with Crippen molar-refractivity contribution in [2.24, 2.45) is 17.3 Å². The van der Waals surface area contributed by atoms with E-state index in [4.69, 9.17) is 9.72 Å². The maximum Gasteiger partial charge on any atom is 0.407 e. The molecule has 6 nitrogen and oxygen atoms in total. The highest BCUT2D eigenvalue weighted by atomic mass is 32.1. The topological polar surface area (TPSA) is 57.5 Å². The molecule has 1 N–H and O–H groups in total. The summed E-state index contributed by atoms with van der Waals surface area (Å²) in [6, 6.07) is 13.4. The number of amides is 1. The first-order valence-corrected chi connectivity index (χ1v) is 13.6. The molecule has 6 rings (SSSR count). The molecule has 3 unspecified atom stereocenters. The molecule has 3 heterocycles. The number of hydrogen-bond donors (Lipinski definition) is 1. The average molecular weight is 492 g/mol. The van der Waals surface area contributed by atoms with Crippen LogP contribution in [0.25, 0.3) is 20.8 Å². The van der Waals surface area contributed by atoms with E-state index in [0.29, 0.717) is 5.41 Å². The molecule has 0 radical (unpaired) electrons. The zero-order valence-corrected chi connectivity index (χ0v) is 22.1. The minimum atomic E-state index is -0.483. The Morgan fingerprint density at radius 1 is 1.17 bits per heavy atom. The van der Waals surface area contributed by atoms with Gasteiger partial charge in [0.25, 0.3) is 0 Å². The van der Waals surface area contributed by atoms with Crippen LogP contribution >= 0.6 is 11.3 Å². The number of aromatic nitrogens is 1.